The molecule has 3 atom stereocenters. The van der Waals surface area contributed by atoms with Crippen molar-refractivity contribution in [3.05, 3.63) is 41.4 Å². The molecule has 3 aromatic rings. The second-order valence-corrected chi connectivity index (χ2v) is 10.1. The second-order valence-electron chi connectivity index (χ2n) is 9.73. The number of hydrogen-bond acceptors (Lipinski definition) is 7. The van der Waals surface area contributed by atoms with E-state index in [1.165, 1.54) is 6.42 Å². The van der Waals surface area contributed by atoms with Crippen LogP contribution in [0.25, 0.3) is 22.0 Å². The van der Waals surface area contributed by atoms with E-state index in [1.54, 1.807) is 18.2 Å². The molecule has 0 radical (unpaired) electrons. The average Bonchev–Trinajstić information content (AvgIpc) is 3.35. The molecule has 0 saturated carbocycles. The van der Waals surface area contributed by atoms with E-state index >= 15 is 0 Å². The summed E-state index contributed by atoms with van der Waals surface area (Å²) in [7, 11) is 2.15. The number of rotatable bonds is 5. The molecule has 8 heteroatoms. The van der Waals surface area contributed by atoms with Crippen LogP contribution in [0, 0.1) is 0 Å². The summed E-state index contributed by atoms with van der Waals surface area (Å²) in [5.41, 5.74) is 2.24. The highest BCUT2D eigenvalue weighted by Crippen LogP contribution is 2.40. The number of aromatic hydroxyl groups is 1. The van der Waals surface area contributed by atoms with Gasteiger partial charge in [-0.1, -0.05) is 23.7 Å². The number of phenols is 1. The molecule has 1 aromatic heterocycles. The van der Waals surface area contributed by atoms with Crippen molar-refractivity contribution in [2.45, 2.75) is 43.8 Å². The molecule has 6 rings (SSSR count). The fraction of sp³-hybridized carbons (Fsp3) is 0.462. The molecule has 3 fully saturated rings. The van der Waals surface area contributed by atoms with Crippen LogP contribution in [0.15, 0.2) is 36.4 Å². The Balaban J connectivity index is 1.43. The zero-order valence-electron chi connectivity index (χ0n) is 19.4. The molecule has 7 nitrogen and oxygen atoms in total. The quantitative estimate of drug-likeness (QED) is 0.571. The van der Waals surface area contributed by atoms with Crippen molar-refractivity contribution in [3.8, 4) is 22.9 Å². The molecule has 0 spiro atoms. The first-order valence-electron chi connectivity index (χ1n) is 12.2. The van der Waals surface area contributed by atoms with Gasteiger partial charge in [0.05, 0.1) is 10.5 Å². The van der Waals surface area contributed by atoms with Gasteiger partial charge in [0.1, 0.15) is 18.2 Å². The second kappa shape index (κ2) is 8.87. The molecular weight excluding hydrogens is 450 g/mol. The van der Waals surface area contributed by atoms with Gasteiger partial charge in [0.2, 0.25) is 0 Å². The van der Waals surface area contributed by atoms with Crippen molar-refractivity contribution in [2.75, 3.05) is 38.2 Å². The highest BCUT2D eigenvalue weighted by molar-refractivity contribution is 6.33. The van der Waals surface area contributed by atoms with E-state index in [0.29, 0.717) is 41.3 Å². The number of anilines is 1. The van der Waals surface area contributed by atoms with Crippen LogP contribution in [0.1, 0.15) is 25.7 Å². The Morgan fingerprint density at radius 1 is 1.12 bits per heavy atom. The van der Waals surface area contributed by atoms with Gasteiger partial charge < -0.3 is 25.0 Å². The number of piperazine rings is 1. The maximum atomic E-state index is 10.5. The van der Waals surface area contributed by atoms with Crippen LogP contribution in [-0.2, 0) is 0 Å². The molecule has 2 bridgehead atoms. The van der Waals surface area contributed by atoms with Crippen LogP contribution in [-0.4, -0.2) is 71.4 Å². The third-order valence-electron chi connectivity index (χ3n) is 7.64. The maximum Gasteiger partial charge on any atom is 0.319 e. The van der Waals surface area contributed by atoms with Crippen LogP contribution >= 0.6 is 11.6 Å². The fourth-order valence-corrected chi connectivity index (χ4v) is 6.07. The smallest absolute Gasteiger partial charge is 0.319 e. The van der Waals surface area contributed by atoms with E-state index in [9.17, 15) is 5.11 Å². The Labute approximate surface area is 204 Å². The monoisotopic (exact) mass is 479 g/mol. The number of benzene rings is 2. The van der Waals surface area contributed by atoms with E-state index < -0.39 is 0 Å². The van der Waals surface area contributed by atoms with Gasteiger partial charge in [-0.15, -0.1) is 0 Å². The van der Waals surface area contributed by atoms with Crippen LogP contribution in [0.3, 0.4) is 0 Å². The van der Waals surface area contributed by atoms with E-state index in [1.807, 2.05) is 12.1 Å². The summed E-state index contributed by atoms with van der Waals surface area (Å²) in [6, 6.07) is 12.9. The third kappa shape index (κ3) is 3.85. The number of nitrogens with one attached hydrogen (secondary N) is 1. The van der Waals surface area contributed by atoms with E-state index in [-0.39, 0.29) is 5.75 Å². The maximum absolute atomic E-state index is 10.5. The molecule has 34 heavy (non-hydrogen) atoms. The minimum atomic E-state index is 0.155. The lowest BCUT2D eigenvalue weighted by atomic mass is 10.0. The van der Waals surface area contributed by atoms with Gasteiger partial charge in [-0.05, 0) is 69.1 Å². The molecule has 3 saturated heterocycles. The van der Waals surface area contributed by atoms with Gasteiger partial charge in [-0.25, -0.2) is 0 Å². The zero-order chi connectivity index (χ0) is 23.2. The summed E-state index contributed by atoms with van der Waals surface area (Å²) in [4.78, 5) is 14.6. The van der Waals surface area contributed by atoms with E-state index in [4.69, 9.17) is 26.3 Å². The van der Waals surface area contributed by atoms with E-state index in [2.05, 4.69) is 28.2 Å². The number of likely N-dealkylation sites (N-methyl/N-ethyl adjacent to an activating group) is 1. The molecule has 0 unspecified atom stereocenters. The van der Waals surface area contributed by atoms with Crippen molar-refractivity contribution in [2.24, 2.45) is 0 Å². The van der Waals surface area contributed by atoms with Gasteiger partial charge >= 0.3 is 6.01 Å². The molecule has 3 aliphatic rings. The molecule has 4 heterocycles. The number of aromatic nitrogens is 2. The van der Waals surface area contributed by atoms with Crippen molar-refractivity contribution >= 4 is 28.3 Å². The number of halogens is 1. The van der Waals surface area contributed by atoms with Gasteiger partial charge in [0.25, 0.3) is 0 Å². The lowest BCUT2D eigenvalue weighted by Gasteiger charge is -2.37. The number of phenolic OH excluding ortho intramolecular Hbond substituents is 1. The molecule has 2 N–H and O–H groups in total. The predicted octanol–water partition coefficient (Wildman–Crippen LogP) is 4.07. The Hall–Kier alpha value is -2.61. The number of hydrogen-bond donors (Lipinski definition) is 2. The highest BCUT2D eigenvalue weighted by Gasteiger charge is 2.38. The van der Waals surface area contributed by atoms with Crippen molar-refractivity contribution in [3.63, 3.8) is 0 Å². The molecule has 0 aliphatic carbocycles. The topological polar surface area (TPSA) is 73.8 Å². The predicted molar refractivity (Wildman–Crippen MR) is 135 cm³/mol. The molecule has 3 aliphatic heterocycles. The summed E-state index contributed by atoms with van der Waals surface area (Å²) in [6.45, 7) is 3.63. The van der Waals surface area contributed by atoms with Gasteiger partial charge in [0, 0.05) is 42.2 Å². The standard InChI is InChI=1S/C26H30ClN5O2/c1-31-11-3-4-19(31)15-34-26-29-22-12-16(24-21(27)5-2-6-23(24)33)7-10-20(22)25(30-26)32-17-8-9-18(32)14-28-13-17/h2,5-7,10,12,17-19,28,33H,3-4,8-9,11,13-15H2,1H3/t17-,18+,19-/m0/s1. The molecular formula is C26H30ClN5O2. The van der Waals surface area contributed by atoms with E-state index in [0.717, 1.165) is 61.2 Å². The summed E-state index contributed by atoms with van der Waals surface area (Å²) >= 11 is 6.44. The Morgan fingerprint density at radius 3 is 2.68 bits per heavy atom. The third-order valence-corrected chi connectivity index (χ3v) is 7.95. The average molecular weight is 480 g/mol. The number of likely N-dealkylation sites (tertiary alicyclic amines) is 1. The SMILES string of the molecule is CN1CCC[C@H]1COc1nc(N2[C@@H]3CC[C@H]2CNC3)c2ccc(-c3c(O)cccc3Cl)cc2n1. The van der Waals surface area contributed by atoms with Crippen LogP contribution in [0.5, 0.6) is 11.8 Å². The number of fused-ring (bicyclic) bond motifs is 3. The van der Waals surface area contributed by atoms with Gasteiger partial charge in [-0.3, -0.25) is 0 Å². The van der Waals surface area contributed by atoms with Crippen LogP contribution in [0.4, 0.5) is 5.82 Å². The molecule has 0 amide bonds. The summed E-state index contributed by atoms with van der Waals surface area (Å²) < 4.78 is 6.20. The van der Waals surface area contributed by atoms with Crippen molar-refractivity contribution in [1.29, 1.82) is 0 Å². The highest BCUT2D eigenvalue weighted by atomic mass is 35.5. The zero-order valence-corrected chi connectivity index (χ0v) is 20.1. The van der Waals surface area contributed by atoms with Crippen molar-refractivity contribution in [1.82, 2.24) is 20.2 Å². The lowest BCUT2D eigenvalue weighted by Crippen LogP contribution is -2.52. The Morgan fingerprint density at radius 2 is 1.94 bits per heavy atom. The lowest BCUT2D eigenvalue weighted by molar-refractivity contribution is 0.188. The van der Waals surface area contributed by atoms with Crippen molar-refractivity contribution < 1.29 is 9.84 Å². The Bertz CT molecular complexity index is 1190. The normalized spacial score (nSPS) is 24.8. The first-order valence-corrected chi connectivity index (χ1v) is 12.6. The summed E-state index contributed by atoms with van der Waals surface area (Å²) in [5.74, 6) is 1.10. The molecule has 2 aromatic carbocycles. The minimum Gasteiger partial charge on any atom is -0.507 e. The summed E-state index contributed by atoms with van der Waals surface area (Å²) in [6.07, 6.45) is 4.66. The largest absolute Gasteiger partial charge is 0.507 e. The molecule has 178 valence electrons. The van der Waals surface area contributed by atoms with Crippen LogP contribution in [0.2, 0.25) is 5.02 Å². The fourth-order valence-electron chi connectivity index (χ4n) is 5.79. The Kier molecular flexibility index (Phi) is 5.71. The van der Waals surface area contributed by atoms with Gasteiger partial charge in [0.15, 0.2) is 0 Å². The van der Waals surface area contributed by atoms with Gasteiger partial charge in [-0.2, -0.15) is 9.97 Å². The van der Waals surface area contributed by atoms with Crippen LogP contribution < -0.4 is 15.0 Å². The number of ether oxygens (including phenoxy) is 1. The number of nitrogens with zero attached hydrogens (tertiary/aromatic N) is 4. The minimum absolute atomic E-state index is 0.155. The summed E-state index contributed by atoms with van der Waals surface area (Å²) in [5, 5.41) is 15.5. The first kappa shape index (κ1) is 21.9. The first-order chi connectivity index (χ1) is 16.6.